The molecule has 0 aromatic heterocycles. The summed E-state index contributed by atoms with van der Waals surface area (Å²) in [6, 6.07) is 14.8. The molecule has 2 aromatic carbocycles. The van der Waals surface area contributed by atoms with Crippen molar-refractivity contribution in [1.82, 2.24) is 10.2 Å². The molecular weight excluding hydrogens is 376 g/mol. The molecule has 0 saturated heterocycles. The first-order valence-electron chi connectivity index (χ1n) is 10.7. The largest absolute Gasteiger partial charge is 0.369 e. The SMILES string of the molecule is NC1=Nc2ccc(C(=O)c3ccccc3)cc2CN1CCNC(=O)C1CCCCC1. The summed E-state index contributed by atoms with van der Waals surface area (Å²) in [7, 11) is 0. The molecule has 0 bridgehead atoms. The number of nitrogens with zero attached hydrogens (tertiary/aromatic N) is 2. The minimum atomic E-state index is -0.00720. The van der Waals surface area contributed by atoms with Gasteiger partial charge < -0.3 is 16.0 Å². The van der Waals surface area contributed by atoms with Crippen molar-refractivity contribution < 1.29 is 9.59 Å². The van der Waals surface area contributed by atoms with Crippen LogP contribution in [0.3, 0.4) is 0 Å². The molecule has 1 aliphatic carbocycles. The van der Waals surface area contributed by atoms with Gasteiger partial charge in [-0.15, -0.1) is 0 Å². The zero-order valence-corrected chi connectivity index (χ0v) is 17.1. The topological polar surface area (TPSA) is 87.8 Å². The maximum absolute atomic E-state index is 12.8. The van der Waals surface area contributed by atoms with Crippen molar-refractivity contribution in [2.75, 3.05) is 13.1 Å². The number of fused-ring (bicyclic) bond motifs is 1. The Balaban J connectivity index is 1.39. The number of carbonyl (C=O) groups excluding carboxylic acids is 2. The quantitative estimate of drug-likeness (QED) is 0.723. The highest BCUT2D eigenvalue weighted by atomic mass is 16.2. The minimum absolute atomic E-state index is 0.00720. The summed E-state index contributed by atoms with van der Waals surface area (Å²) < 4.78 is 0. The third-order valence-corrected chi connectivity index (χ3v) is 5.95. The summed E-state index contributed by atoms with van der Waals surface area (Å²) >= 11 is 0. The number of nitrogens with two attached hydrogens (primary N) is 1. The number of nitrogens with one attached hydrogen (secondary N) is 1. The maximum atomic E-state index is 12.8. The highest BCUT2D eigenvalue weighted by Gasteiger charge is 2.22. The van der Waals surface area contributed by atoms with E-state index in [4.69, 9.17) is 5.73 Å². The normalized spacial score (nSPS) is 16.5. The fraction of sp³-hybridized carbons (Fsp3) is 0.375. The monoisotopic (exact) mass is 404 g/mol. The lowest BCUT2D eigenvalue weighted by Crippen LogP contribution is -2.44. The molecule has 1 fully saturated rings. The van der Waals surface area contributed by atoms with Gasteiger partial charge in [-0.2, -0.15) is 0 Å². The van der Waals surface area contributed by atoms with Crippen molar-refractivity contribution in [2.45, 2.75) is 38.6 Å². The van der Waals surface area contributed by atoms with Gasteiger partial charge in [0.15, 0.2) is 11.7 Å². The van der Waals surface area contributed by atoms with Gasteiger partial charge >= 0.3 is 0 Å². The van der Waals surface area contributed by atoms with Gasteiger partial charge in [-0.25, -0.2) is 4.99 Å². The lowest BCUT2D eigenvalue weighted by Gasteiger charge is -2.29. The molecule has 4 rings (SSSR count). The molecule has 30 heavy (non-hydrogen) atoms. The zero-order valence-electron chi connectivity index (χ0n) is 17.1. The Morgan fingerprint density at radius 1 is 1.03 bits per heavy atom. The number of carbonyl (C=O) groups is 2. The first-order valence-corrected chi connectivity index (χ1v) is 10.7. The Morgan fingerprint density at radius 2 is 1.80 bits per heavy atom. The summed E-state index contributed by atoms with van der Waals surface area (Å²) in [5.41, 5.74) is 9.20. The van der Waals surface area contributed by atoms with E-state index >= 15 is 0 Å². The van der Waals surface area contributed by atoms with E-state index in [-0.39, 0.29) is 17.6 Å². The molecule has 2 aliphatic rings. The van der Waals surface area contributed by atoms with Crippen LogP contribution in [0.2, 0.25) is 0 Å². The van der Waals surface area contributed by atoms with E-state index in [1.165, 1.54) is 6.42 Å². The minimum Gasteiger partial charge on any atom is -0.369 e. The number of rotatable bonds is 6. The van der Waals surface area contributed by atoms with Crippen LogP contribution in [0.25, 0.3) is 0 Å². The lowest BCUT2D eigenvalue weighted by molar-refractivity contribution is -0.125. The van der Waals surface area contributed by atoms with E-state index in [2.05, 4.69) is 10.3 Å². The van der Waals surface area contributed by atoms with Crippen molar-refractivity contribution in [3.8, 4) is 0 Å². The van der Waals surface area contributed by atoms with Crippen molar-refractivity contribution >= 4 is 23.3 Å². The molecule has 0 radical (unpaired) electrons. The highest BCUT2D eigenvalue weighted by Crippen LogP contribution is 2.27. The van der Waals surface area contributed by atoms with Crippen LogP contribution in [0.5, 0.6) is 0 Å². The second kappa shape index (κ2) is 9.11. The van der Waals surface area contributed by atoms with Crippen molar-refractivity contribution in [3.63, 3.8) is 0 Å². The van der Waals surface area contributed by atoms with E-state index < -0.39 is 0 Å². The smallest absolute Gasteiger partial charge is 0.223 e. The van der Waals surface area contributed by atoms with Crippen LogP contribution in [0, 0.1) is 5.92 Å². The van der Waals surface area contributed by atoms with Crippen LogP contribution in [0.1, 0.15) is 53.6 Å². The summed E-state index contributed by atoms with van der Waals surface area (Å²) in [4.78, 5) is 31.5. The Morgan fingerprint density at radius 3 is 2.57 bits per heavy atom. The van der Waals surface area contributed by atoms with E-state index in [1.54, 1.807) is 6.07 Å². The van der Waals surface area contributed by atoms with E-state index in [1.807, 2.05) is 47.4 Å². The number of benzene rings is 2. The molecule has 0 spiro atoms. The van der Waals surface area contributed by atoms with Gasteiger partial charge in [0.2, 0.25) is 5.91 Å². The predicted molar refractivity (Wildman–Crippen MR) is 118 cm³/mol. The first-order chi connectivity index (χ1) is 14.6. The predicted octanol–water partition coefficient (Wildman–Crippen LogP) is 3.38. The number of hydrogen-bond donors (Lipinski definition) is 2. The van der Waals surface area contributed by atoms with Crippen LogP contribution < -0.4 is 11.1 Å². The fourth-order valence-electron chi connectivity index (χ4n) is 4.22. The van der Waals surface area contributed by atoms with Gasteiger partial charge in [0.1, 0.15) is 0 Å². The number of hydrogen-bond acceptors (Lipinski definition) is 5. The molecule has 0 unspecified atom stereocenters. The Hall–Kier alpha value is -3.15. The summed E-state index contributed by atoms with van der Waals surface area (Å²) in [6.07, 6.45) is 5.50. The maximum Gasteiger partial charge on any atom is 0.223 e. The van der Waals surface area contributed by atoms with Gasteiger partial charge in [0.05, 0.1) is 5.69 Å². The molecule has 156 valence electrons. The van der Waals surface area contributed by atoms with E-state index in [0.717, 1.165) is 36.9 Å². The molecule has 6 nitrogen and oxygen atoms in total. The zero-order chi connectivity index (χ0) is 20.9. The Kier molecular flexibility index (Phi) is 6.12. The summed E-state index contributed by atoms with van der Waals surface area (Å²) in [6.45, 7) is 1.69. The highest BCUT2D eigenvalue weighted by molar-refractivity contribution is 6.09. The third-order valence-electron chi connectivity index (χ3n) is 5.95. The van der Waals surface area contributed by atoms with Crippen LogP contribution >= 0.6 is 0 Å². The first kappa shape index (κ1) is 20.1. The second-order valence-electron chi connectivity index (χ2n) is 8.06. The molecule has 2 aromatic rings. The number of aliphatic imine (C=N–C) groups is 1. The second-order valence-corrected chi connectivity index (χ2v) is 8.06. The van der Waals surface area contributed by atoms with Crippen molar-refractivity contribution in [3.05, 3.63) is 65.2 Å². The number of amides is 1. The van der Waals surface area contributed by atoms with Crippen LogP contribution in [-0.2, 0) is 11.3 Å². The van der Waals surface area contributed by atoms with E-state index in [9.17, 15) is 9.59 Å². The van der Waals surface area contributed by atoms with Gasteiger partial charge in [0.25, 0.3) is 0 Å². The molecule has 6 heteroatoms. The van der Waals surface area contributed by atoms with Crippen molar-refractivity contribution in [1.29, 1.82) is 0 Å². The van der Waals surface area contributed by atoms with Gasteiger partial charge in [-0.05, 0) is 36.6 Å². The molecule has 1 heterocycles. The lowest BCUT2D eigenvalue weighted by atomic mass is 9.89. The van der Waals surface area contributed by atoms with Crippen LogP contribution in [-0.4, -0.2) is 35.6 Å². The average Bonchev–Trinajstić information content (AvgIpc) is 2.79. The molecule has 0 atom stereocenters. The number of ketones is 1. The van der Waals surface area contributed by atoms with Crippen molar-refractivity contribution in [2.24, 2.45) is 16.6 Å². The molecular formula is C24H28N4O2. The number of guanidine groups is 1. The Labute approximate surface area is 177 Å². The molecule has 3 N–H and O–H groups in total. The Bertz CT molecular complexity index is 949. The summed E-state index contributed by atoms with van der Waals surface area (Å²) in [5, 5.41) is 3.05. The third kappa shape index (κ3) is 4.53. The summed E-state index contributed by atoms with van der Waals surface area (Å²) in [5.74, 6) is 0.737. The van der Waals surface area contributed by atoms with E-state index in [0.29, 0.717) is 36.7 Å². The fourth-order valence-corrected chi connectivity index (χ4v) is 4.22. The standard InChI is InChI=1S/C24H28N4O2/c25-24-27-21-12-11-19(22(29)17-7-3-1-4-8-17)15-20(21)16-28(24)14-13-26-23(30)18-9-5-2-6-10-18/h1,3-4,7-8,11-12,15,18H,2,5-6,9-10,13-14,16H2,(H2,25,27)(H,26,30). The van der Waals surface area contributed by atoms with Crippen LogP contribution in [0.15, 0.2) is 53.5 Å². The molecule has 1 saturated carbocycles. The molecule has 1 aliphatic heterocycles. The van der Waals surface area contributed by atoms with Crippen LogP contribution in [0.4, 0.5) is 5.69 Å². The molecule has 1 amide bonds. The van der Waals surface area contributed by atoms with Gasteiger partial charge in [-0.3, -0.25) is 9.59 Å². The average molecular weight is 405 g/mol. The van der Waals surface area contributed by atoms with Gasteiger partial charge in [0, 0.05) is 36.7 Å². The van der Waals surface area contributed by atoms with Gasteiger partial charge in [-0.1, -0.05) is 49.6 Å².